The highest BCUT2D eigenvalue weighted by atomic mass is 127. The van der Waals surface area contributed by atoms with Gasteiger partial charge in [0.15, 0.2) is 23.0 Å². The van der Waals surface area contributed by atoms with Gasteiger partial charge in [0, 0.05) is 5.56 Å². The van der Waals surface area contributed by atoms with Gasteiger partial charge in [-0.2, -0.15) is 13.5 Å². The lowest BCUT2D eigenvalue weighted by Crippen LogP contribution is -2.18. The summed E-state index contributed by atoms with van der Waals surface area (Å²) in [5.41, 5.74) is 3.39. The van der Waals surface area contributed by atoms with Crippen molar-refractivity contribution in [2.75, 3.05) is 20.3 Å². The summed E-state index contributed by atoms with van der Waals surface area (Å²) in [7, 11) is -2.65. The first-order valence-electron chi connectivity index (χ1n) is 11.4. The SMILES string of the molecule is CCCOc1ccc(C(=O)N/N=C/c2cc(I)c(OS(=O)(=O)c3ccccc3)c(OC)c2)cc1OCC. The molecule has 0 unspecified atom stereocenters. The highest BCUT2D eigenvalue weighted by Crippen LogP contribution is 2.35. The average Bonchev–Trinajstić information content (AvgIpc) is 2.89. The molecule has 3 rings (SSSR count). The summed E-state index contributed by atoms with van der Waals surface area (Å²) in [6.07, 6.45) is 2.27. The van der Waals surface area contributed by atoms with Gasteiger partial charge in [0.25, 0.3) is 5.91 Å². The molecule has 3 aromatic rings. The van der Waals surface area contributed by atoms with Crippen molar-refractivity contribution in [2.45, 2.75) is 25.2 Å². The summed E-state index contributed by atoms with van der Waals surface area (Å²) in [4.78, 5) is 12.6. The van der Waals surface area contributed by atoms with E-state index in [0.717, 1.165) is 6.42 Å². The number of carbonyl (C=O) groups is 1. The van der Waals surface area contributed by atoms with E-state index in [0.29, 0.717) is 39.4 Å². The number of halogens is 1. The standard InChI is InChI=1S/C26H27IN2O7S/c1-4-13-35-22-12-11-19(16-23(22)34-5-2)26(30)29-28-17-18-14-21(27)25(24(15-18)33-3)36-37(31,32)20-9-7-6-8-10-20/h6-12,14-17H,4-5,13H2,1-3H3,(H,29,30)/b28-17+. The molecule has 0 bridgehead atoms. The number of hydrogen-bond donors (Lipinski definition) is 1. The van der Waals surface area contributed by atoms with Crippen LogP contribution < -0.4 is 23.8 Å². The van der Waals surface area contributed by atoms with Gasteiger partial charge in [-0.1, -0.05) is 25.1 Å². The van der Waals surface area contributed by atoms with Crippen molar-refractivity contribution >= 4 is 44.8 Å². The van der Waals surface area contributed by atoms with Crippen molar-refractivity contribution in [3.8, 4) is 23.0 Å². The first kappa shape index (κ1) is 28.3. The number of ether oxygens (including phenoxy) is 3. The zero-order valence-electron chi connectivity index (χ0n) is 20.6. The summed E-state index contributed by atoms with van der Waals surface area (Å²) >= 11 is 1.95. The molecule has 0 spiro atoms. The third-order valence-electron chi connectivity index (χ3n) is 4.82. The van der Waals surface area contributed by atoms with E-state index in [-0.39, 0.29) is 16.4 Å². The number of nitrogens with one attached hydrogen (secondary N) is 1. The molecule has 11 heteroatoms. The van der Waals surface area contributed by atoms with Crippen molar-refractivity contribution in [1.29, 1.82) is 0 Å². The Morgan fingerprint density at radius 2 is 1.76 bits per heavy atom. The van der Waals surface area contributed by atoms with Gasteiger partial charge in [-0.3, -0.25) is 4.79 Å². The third kappa shape index (κ3) is 7.59. The van der Waals surface area contributed by atoms with Crippen LogP contribution in [0.3, 0.4) is 0 Å². The van der Waals surface area contributed by atoms with Crippen LogP contribution in [0.25, 0.3) is 0 Å². The van der Waals surface area contributed by atoms with Crippen LogP contribution in [0, 0.1) is 3.57 Å². The third-order valence-corrected chi connectivity index (χ3v) is 6.86. The average molecular weight is 638 g/mol. The smallest absolute Gasteiger partial charge is 0.339 e. The molecule has 0 aliphatic heterocycles. The maximum absolute atomic E-state index is 12.7. The van der Waals surface area contributed by atoms with Crippen molar-refractivity contribution < 1.29 is 31.6 Å². The molecular weight excluding hydrogens is 611 g/mol. The summed E-state index contributed by atoms with van der Waals surface area (Å²) in [6, 6.07) is 16.0. The molecule has 0 aromatic heterocycles. The number of amides is 1. The molecule has 0 saturated carbocycles. The maximum atomic E-state index is 12.7. The molecular formula is C26H27IN2O7S. The number of benzene rings is 3. The fraction of sp³-hybridized carbons (Fsp3) is 0.231. The minimum absolute atomic E-state index is 0.0265. The van der Waals surface area contributed by atoms with Crippen molar-refractivity contribution in [2.24, 2.45) is 5.10 Å². The summed E-state index contributed by atoms with van der Waals surface area (Å²) in [5, 5.41) is 4.02. The number of hydrogen-bond acceptors (Lipinski definition) is 8. The van der Waals surface area contributed by atoms with Crippen molar-refractivity contribution in [3.05, 3.63) is 75.4 Å². The Kier molecular flexibility index (Phi) is 10.1. The van der Waals surface area contributed by atoms with Crippen LogP contribution in [0.5, 0.6) is 23.0 Å². The zero-order chi connectivity index (χ0) is 26.8. The Morgan fingerprint density at radius 1 is 1.00 bits per heavy atom. The van der Waals surface area contributed by atoms with Gasteiger partial charge in [-0.25, -0.2) is 5.43 Å². The van der Waals surface area contributed by atoms with Gasteiger partial charge < -0.3 is 18.4 Å². The molecule has 1 N–H and O–H groups in total. The van der Waals surface area contributed by atoms with Gasteiger partial charge in [0.1, 0.15) is 4.90 Å². The molecule has 196 valence electrons. The fourth-order valence-electron chi connectivity index (χ4n) is 3.12. The molecule has 0 atom stereocenters. The largest absolute Gasteiger partial charge is 0.493 e. The predicted octanol–water partition coefficient (Wildman–Crippen LogP) is 5.02. The number of carbonyl (C=O) groups excluding carboxylic acids is 1. The Hall–Kier alpha value is -3.32. The molecule has 0 radical (unpaired) electrons. The molecule has 3 aromatic carbocycles. The van der Waals surface area contributed by atoms with E-state index in [1.165, 1.54) is 25.5 Å². The van der Waals surface area contributed by atoms with Gasteiger partial charge in [-0.05, 0) is 84.0 Å². The van der Waals surface area contributed by atoms with Crippen LogP contribution in [-0.2, 0) is 10.1 Å². The second kappa shape index (κ2) is 13.3. The van der Waals surface area contributed by atoms with Gasteiger partial charge in [0.2, 0.25) is 0 Å². The van der Waals surface area contributed by atoms with E-state index in [1.54, 1.807) is 48.5 Å². The molecule has 9 nitrogen and oxygen atoms in total. The van der Waals surface area contributed by atoms with Crippen LogP contribution in [0.1, 0.15) is 36.2 Å². The first-order chi connectivity index (χ1) is 17.8. The van der Waals surface area contributed by atoms with E-state index in [9.17, 15) is 13.2 Å². The molecule has 37 heavy (non-hydrogen) atoms. The molecule has 0 aliphatic rings. The predicted molar refractivity (Wildman–Crippen MR) is 148 cm³/mol. The van der Waals surface area contributed by atoms with Gasteiger partial charge in [-0.15, -0.1) is 0 Å². The van der Waals surface area contributed by atoms with Gasteiger partial charge in [0.05, 0.1) is 30.1 Å². The second-order valence-electron chi connectivity index (χ2n) is 7.53. The Balaban J connectivity index is 1.75. The minimum Gasteiger partial charge on any atom is -0.493 e. The second-order valence-corrected chi connectivity index (χ2v) is 10.2. The zero-order valence-corrected chi connectivity index (χ0v) is 23.5. The number of rotatable bonds is 12. The summed E-state index contributed by atoms with van der Waals surface area (Å²) in [6.45, 7) is 4.83. The van der Waals surface area contributed by atoms with Crippen molar-refractivity contribution in [1.82, 2.24) is 5.43 Å². The van der Waals surface area contributed by atoms with E-state index < -0.39 is 16.0 Å². The highest BCUT2D eigenvalue weighted by Gasteiger charge is 2.21. The topological polar surface area (TPSA) is 113 Å². The van der Waals surface area contributed by atoms with Crippen LogP contribution >= 0.6 is 22.6 Å². The molecule has 0 aliphatic carbocycles. The maximum Gasteiger partial charge on any atom is 0.339 e. The lowest BCUT2D eigenvalue weighted by molar-refractivity contribution is 0.0954. The molecule has 0 saturated heterocycles. The molecule has 0 heterocycles. The number of methoxy groups -OCH3 is 1. The lowest BCUT2D eigenvalue weighted by atomic mass is 10.2. The van der Waals surface area contributed by atoms with Crippen LogP contribution in [0.2, 0.25) is 0 Å². The Morgan fingerprint density at radius 3 is 2.43 bits per heavy atom. The normalized spacial score (nSPS) is 11.2. The van der Waals surface area contributed by atoms with E-state index in [2.05, 4.69) is 10.5 Å². The van der Waals surface area contributed by atoms with Crippen LogP contribution in [0.4, 0.5) is 0 Å². The Labute approximate surface area is 230 Å². The minimum atomic E-state index is -4.05. The number of nitrogens with zero attached hydrogens (tertiary/aromatic N) is 1. The van der Waals surface area contributed by atoms with Crippen LogP contribution in [0.15, 0.2) is 70.7 Å². The summed E-state index contributed by atoms with van der Waals surface area (Å²) in [5.74, 6) is 0.870. The van der Waals surface area contributed by atoms with Crippen LogP contribution in [-0.4, -0.2) is 40.9 Å². The monoisotopic (exact) mass is 638 g/mol. The Bertz CT molecular complexity index is 1360. The number of hydrazone groups is 1. The van der Waals surface area contributed by atoms with E-state index in [1.807, 2.05) is 36.4 Å². The lowest BCUT2D eigenvalue weighted by Gasteiger charge is -2.13. The van der Waals surface area contributed by atoms with Crippen molar-refractivity contribution in [3.63, 3.8) is 0 Å². The molecule has 1 amide bonds. The fourth-order valence-corrected chi connectivity index (χ4v) is 4.98. The van der Waals surface area contributed by atoms with E-state index >= 15 is 0 Å². The first-order valence-corrected chi connectivity index (χ1v) is 13.9. The molecule has 0 fully saturated rings. The van der Waals surface area contributed by atoms with Gasteiger partial charge >= 0.3 is 10.1 Å². The quantitative estimate of drug-likeness (QED) is 0.128. The summed E-state index contributed by atoms with van der Waals surface area (Å²) < 4.78 is 47.8. The highest BCUT2D eigenvalue weighted by molar-refractivity contribution is 14.1. The van der Waals surface area contributed by atoms with E-state index in [4.69, 9.17) is 18.4 Å².